The van der Waals surface area contributed by atoms with Gasteiger partial charge >= 0.3 is 58.4 Å². The van der Waals surface area contributed by atoms with Gasteiger partial charge in [-0.25, -0.2) is 4.39 Å². The molecule has 1 aliphatic heterocycles. The molecule has 1 heterocycles. The van der Waals surface area contributed by atoms with Crippen LogP contribution in [0, 0.1) is 5.82 Å². The number of piperazine rings is 1. The average molecular weight is 300 g/mol. The summed E-state index contributed by atoms with van der Waals surface area (Å²) in [7, 11) is 0. The first-order chi connectivity index (χ1) is 8.46. The number of halogens is 4. The van der Waals surface area contributed by atoms with Gasteiger partial charge in [-0.15, -0.1) is 0 Å². The maximum Gasteiger partial charge on any atom is 1.00 e. The molecule has 19 heavy (non-hydrogen) atoms. The fourth-order valence-corrected chi connectivity index (χ4v) is 2.17. The first-order valence-corrected chi connectivity index (χ1v) is 5.88. The van der Waals surface area contributed by atoms with Crippen molar-refractivity contribution in [3.8, 4) is 0 Å². The van der Waals surface area contributed by atoms with Crippen molar-refractivity contribution >= 4 is 12.7 Å². The van der Waals surface area contributed by atoms with Crippen molar-refractivity contribution in [3.05, 3.63) is 30.1 Å². The summed E-state index contributed by atoms with van der Waals surface area (Å²) in [6.07, 6.45) is -0.828. The van der Waals surface area contributed by atoms with Crippen LogP contribution in [0.15, 0.2) is 24.3 Å². The summed E-state index contributed by atoms with van der Waals surface area (Å²) >= 11 is 0. The monoisotopic (exact) mass is 300 g/mol. The third-order valence-electron chi connectivity index (χ3n) is 3.03. The molecule has 0 aromatic heterocycles. The predicted octanol–water partition coefficient (Wildman–Crippen LogP) is -0.662. The largest absolute Gasteiger partial charge is 1.00 e. The van der Waals surface area contributed by atoms with E-state index in [2.05, 4.69) is 0 Å². The van der Waals surface area contributed by atoms with E-state index in [1.165, 1.54) is 11.0 Å². The average Bonchev–Trinajstić information content (AvgIpc) is 2.29. The van der Waals surface area contributed by atoms with Crippen molar-refractivity contribution in [1.29, 1.82) is 0 Å². The molecule has 0 spiro atoms. The molecule has 2 rings (SSSR count). The van der Waals surface area contributed by atoms with E-state index in [1.807, 2.05) is 0 Å². The van der Waals surface area contributed by atoms with Crippen LogP contribution in [0.4, 0.5) is 23.0 Å². The summed E-state index contributed by atoms with van der Waals surface area (Å²) in [4.78, 5) is 3.16. The summed E-state index contributed by atoms with van der Waals surface area (Å²) in [6, 6.07) is 6.34. The van der Waals surface area contributed by atoms with E-state index >= 15 is 0 Å². The minimum absolute atomic E-state index is 0. The standard InChI is InChI=1S/C11H14BF4N2.K/c13-10-3-1-2-4-11(10)18-7-5-17(6-8-18)9-12(14,15)16;/h1-4H,5-9H2;/q-1;+1. The van der Waals surface area contributed by atoms with Crippen LogP contribution >= 0.6 is 0 Å². The molecule has 1 fully saturated rings. The van der Waals surface area contributed by atoms with Gasteiger partial charge in [0.15, 0.2) is 0 Å². The van der Waals surface area contributed by atoms with Gasteiger partial charge in [-0.2, -0.15) is 0 Å². The normalized spacial score (nSPS) is 17.2. The molecule has 100 valence electrons. The van der Waals surface area contributed by atoms with Gasteiger partial charge in [-0.1, -0.05) is 12.1 Å². The van der Waals surface area contributed by atoms with E-state index in [4.69, 9.17) is 0 Å². The molecule has 0 amide bonds. The quantitative estimate of drug-likeness (QED) is 0.540. The Morgan fingerprint density at radius 3 is 2.11 bits per heavy atom. The van der Waals surface area contributed by atoms with Gasteiger partial charge in [-0.05, 0) is 18.6 Å². The number of para-hydroxylation sites is 1. The van der Waals surface area contributed by atoms with Gasteiger partial charge in [-0.3, -0.25) is 0 Å². The van der Waals surface area contributed by atoms with Crippen LogP contribution < -0.4 is 56.3 Å². The summed E-state index contributed by atoms with van der Waals surface area (Å²) in [5.41, 5.74) is 0.467. The smallest absolute Gasteiger partial charge is 0.448 e. The Kier molecular flexibility index (Phi) is 6.82. The fourth-order valence-electron chi connectivity index (χ4n) is 2.17. The Hall–Kier alpha value is 0.401. The summed E-state index contributed by atoms with van der Waals surface area (Å²) < 4.78 is 50.3. The number of hydrogen-bond donors (Lipinski definition) is 0. The SMILES string of the molecule is Fc1ccccc1N1CCN(C[B-](F)(F)F)CC1.[K+]. The van der Waals surface area contributed by atoms with Crippen LogP contribution in [0.25, 0.3) is 0 Å². The number of anilines is 1. The van der Waals surface area contributed by atoms with Crippen molar-refractivity contribution in [1.82, 2.24) is 4.90 Å². The van der Waals surface area contributed by atoms with Gasteiger partial charge < -0.3 is 22.7 Å². The molecular weight excluding hydrogens is 286 g/mol. The molecule has 2 nitrogen and oxygen atoms in total. The van der Waals surface area contributed by atoms with E-state index in [0.29, 0.717) is 31.9 Å². The Labute approximate surface area is 152 Å². The molecular formula is C11H14BF4KN2. The topological polar surface area (TPSA) is 6.48 Å². The van der Waals surface area contributed by atoms with E-state index in [0.717, 1.165) is 0 Å². The van der Waals surface area contributed by atoms with Crippen molar-refractivity contribution in [2.75, 3.05) is 37.5 Å². The van der Waals surface area contributed by atoms with Crippen LogP contribution in [0.5, 0.6) is 0 Å². The molecule has 1 aromatic carbocycles. The zero-order valence-electron chi connectivity index (χ0n) is 10.8. The number of nitrogens with zero attached hydrogens (tertiary/aromatic N) is 2. The fraction of sp³-hybridized carbons (Fsp3) is 0.455. The molecule has 0 unspecified atom stereocenters. The number of rotatable bonds is 3. The van der Waals surface area contributed by atoms with Gasteiger partial charge in [0.1, 0.15) is 5.82 Å². The van der Waals surface area contributed by atoms with E-state index in [9.17, 15) is 17.3 Å². The van der Waals surface area contributed by atoms with Crippen LogP contribution in [-0.4, -0.2) is 44.5 Å². The third kappa shape index (κ3) is 5.36. The van der Waals surface area contributed by atoms with Crippen LogP contribution in [0.1, 0.15) is 0 Å². The molecule has 0 radical (unpaired) electrons. The molecule has 1 aliphatic rings. The minimum Gasteiger partial charge on any atom is -0.448 e. The van der Waals surface area contributed by atoms with Crippen molar-refractivity contribution in [2.24, 2.45) is 0 Å². The first kappa shape index (κ1) is 17.5. The van der Waals surface area contributed by atoms with Gasteiger partial charge in [0, 0.05) is 26.2 Å². The minimum atomic E-state index is -4.78. The van der Waals surface area contributed by atoms with Crippen LogP contribution in [0.2, 0.25) is 0 Å². The second-order valence-corrected chi connectivity index (χ2v) is 4.45. The molecule has 0 aliphatic carbocycles. The second kappa shape index (κ2) is 7.42. The molecule has 8 heteroatoms. The predicted molar refractivity (Wildman–Crippen MR) is 64.1 cm³/mol. The third-order valence-corrected chi connectivity index (χ3v) is 3.03. The number of benzene rings is 1. The van der Waals surface area contributed by atoms with Crippen molar-refractivity contribution in [2.45, 2.75) is 0 Å². The molecule has 1 saturated heterocycles. The molecule has 0 N–H and O–H groups in total. The van der Waals surface area contributed by atoms with E-state index in [-0.39, 0.29) is 57.2 Å². The Morgan fingerprint density at radius 2 is 1.58 bits per heavy atom. The second-order valence-electron chi connectivity index (χ2n) is 4.45. The van der Waals surface area contributed by atoms with Gasteiger partial charge in [0.2, 0.25) is 0 Å². The zero-order valence-corrected chi connectivity index (χ0v) is 14.0. The maximum atomic E-state index is 13.5. The van der Waals surface area contributed by atoms with Crippen LogP contribution in [0.3, 0.4) is 0 Å². The molecule has 0 saturated carbocycles. The van der Waals surface area contributed by atoms with E-state index in [1.54, 1.807) is 23.1 Å². The Bertz CT molecular complexity index is 408. The summed E-state index contributed by atoms with van der Waals surface area (Å²) in [6.45, 7) is -3.30. The van der Waals surface area contributed by atoms with Gasteiger partial charge in [0.05, 0.1) is 5.69 Å². The summed E-state index contributed by atoms with van der Waals surface area (Å²) in [5, 5.41) is 0. The zero-order chi connectivity index (χ0) is 13.2. The molecule has 0 bridgehead atoms. The number of hydrogen-bond acceptors (Lipinski definition) is 2. The Morgan fingerprint density at radius 1 is 1.00 bits per heavy atom. The molecule has 1 aromatic rings. The Balaban J connectivity index is 0.00000180. The van der Waals surface area contributed by atoms with E-state index < -0.39 is 13.4 Å². The molecule has 0 atom stereocenters. The van der Waals surface area contributed by atoms with Gasteiger partial charge in [0.25, 0.3) is 0 Å². The van der Waals surface area contributed by atoms with Crippen LogP contribution in [-0.2, 0) is 0 Å². The maximum absolute atomic E-state index is 13.5. The van der Waals surface area contributed by atoms with Crippen molar-refractivity contribution < 1.29 is 68.7 Å². The first-order valence-electron chi connectivity index (χ1n) is 5.88. The van der Waals surface area contributed by atoms with Crippen molar-refractivity contribution in [3.63, 3.8) is 0 Å². The summed E-state index contributed by atoms with van der Waals surface area (Å²) in [5.74, 6) is -0.328.